The Hall–Kier alpha value is -4.63. The molecule has 3 aromatic carbocycles. The van der Waals surface area contributed by atoms with Crippen molar-refractivity contribution in [1.29, 1.82) is 0 Å². The van der Waals surface area contributed by atoms with Crippen molar-refractivity contribution in [3.8, 4) is 17.2 Å². The van der Waals surface area contributed by atoms with Crippen LogP contribution in [0, 0.1) is 6.92 Å². The zero-order valence-electron chi connectivity index (χ0n) is 24.0. The van der Waals surface area contributed by atoms with Crippen molar-refractivity contribution in [2.75, 3.05) is 20.3 Å². The summed E-state index contributed by atoms with van der Waals surface area (Å²) in [5.41, 5.74) is 3.80. The van der Waals surface area contributed by atoms with Gasteiger partial charge in [-0.3, -0.25) is 9.36 Å². The highest BCUT2D eigenvalue weighted by atomic mass is 32.1. The van der Waals surface area contributed by atoms with E-state index in [0.717, 1.165) is 16.9 Å². The summed E-state index contributed by atoms with van der Waals surface area (Å²) in [5, 5.41) is 0. The zero-order chi connectivity index (χ0) is 29.6. The third-order valence-electron chi connectivity index (χ3n) is 6.71. The molecule has 2 heterocycles. The number of hydrogen-bond donors (Lipinski definition) is 0. The quantitative estimate of drug-likeness (QED) is 0.251. The molecule has 0 unspecified atom stereocenters. The summed E-state index contributed by atoms with van der Waals surface area (Å²) in [6, 6.07) is 20.5. The normalized spacial score (nSPS) is 14.4. The van der Waals surface area contributed by atoms with E-state index >= 15 is 0 Å². The highest BCUT2D eigenvalue weighted by Gasteiger charge is 2.31. The van der Waals surface area contributed by atoms with Crippen LogP contribution in [0.25, 0.3) is 6.08 Å². The van der Waals surface area contributed by atoms with Crippen molar-refractivity contribution >= 4 is 23.4 Å². The summed E-state index contributed by atoms with van der Waals surface area (Å²) in [4.78, 5) is 31.5. The molecule has 8 nitrogen and oxygen atoms in total. The van der Waals surface area contributed by atoms with E-state index in [0.29, 0.717) is 46.2 Å². The zero-order valence-corrected chi connectivity index (χ0v) is 24.8. The van der Waals surface area contributed by atoms with Crippen LogP contribution >= 0.6 is 11.3 Å². The summed E-state index contributed by atoms with van der Waals surface area (Å²) >= 11 is 1.26. The van der Waals surface area contributed by atoms with Crippen LogP contribution in [-0.2, 0) is 16.1 Å². The molecule has 0 saturated heterocycles. The number of ether oxygens (including phenoxy) is 4. The fourth-order valence-electron chi connectivity index (χ4n) is 4.65. The smallest absolute Gasteiger partial charge is 0.337 e. The van der Waals surface area contributed by atoms with Gasteiger partial charge in [-0.05, 0) is 67.8 Å². The van der Waals surface area contributed by atoms with Gasteiger partial charge in [0.2, 0.25) is 0 Å². The number of fused-ring (bicyclic) bond motifs is 1. The van der Waals surface area contributed by atoms with Gasteiger partial charge in [-0.15, -0.1) is 0 Å². The van der Waals surface area contributed by atoms with E-state index in [2.05, 4.69) is 24.0 Å². The second kappa shape index (κ2) is 12.9. The van der Waals surface area contributed by atoms with Crippen molar-refractivity contribution in [2.45, 2.75) is 33.4 Å². The first-order valence-electron chi connectivity index (χ1n) is 13.7. The van der Waals surface area contributed by atoms with Crippen LogP contribution in [0.1, 0.15) is 42.1 Å². The maximum Gasteiger partial charge on any atom is 0.337 e. The molecule has 0 amide bonds. The summed E-state index contributed by atoms with van der Waals surface area (Å²) in [5.74, 6) is 1.29. The molecule has 1 aromatic heterocycles. The minimum atomic E-state index is -0.747. The number of methoxy groups -OCH3 is 1. The number of esters is 1. The van der Waals surface area contributed by atoms with Crippen LogP contribution in [0.15, 0.2) is 88.3 Å². The Morgan fingerprint density at radius 1 is 0.952 bits per heavy atom. The van der Waals surface area contributed by atoms with Gasteiger partial charge in [0.25, 0.3) is 5.56 Å². The van der Waals surface area contributed by atoms with Crippen molar-refractivity contribution < 1.29 is 23.7 Å². The lowest BCUT2D eigenvalue weighted by molar-refractivity contribution is -0.136. The second-order valence-corrected chi connectivity index (χ2v) is 10.6. The van der Waals surface area contributed by atoms with Gasteiger partial charge in [0.15, 0.2) is 16.3 Å². The van der Waals surface area contributed by atoms with Crippen LogP contribution in [0.3, 0.4) is 0 Å². The lowest BCUT2D eigenvalue weighted by atomic mass is 9.97. The first-order chi connectivity index (χ1) is 20.4. The van der Waals surface area contributed by atoms with Gasteiger partial charge in [-0.2, -0.15) is 0 Å². The number of carbonyl (C=O) groups is 1. The molecule has 1 aliphatic rings. The number of benzene rings is 3. The highest BCUT2D eigenvalue weighted by Crippen LogP contribution is 2.35. The Kier molecular flexibility index (Phi) is 8.88. The van der Waals surface area contributed by atoms with E-state index in [1.807, 2.05) is 62.4 Å². The molecule has 0 bridgehead atoms. The third-order valence-corrected chi connectivity index (χ3v) is 7.71. The number of aryl methyl sites for hydroxylation is 1. The summed E-state index contributed by atoms with van der Waals surface area (Å²) in [7, 11) is 1.31. The average molecular weight is 585 g/mol. The van der Waals surface area contributed by atoms with E-state index in [1.54, 1.807) is 12.1 Å². The molecule has 0 spiro atoms. The molecule has 42 heavy (non-hydrogen) atoms. The number of rotatable bonds is 10. The predicted octanol–water partition coefficient (Wildman–Crippen LogP) is 4.70. The van der Waals surface area contributed by atoms with Crippen molar-refractivity contribution in [3.05, 3.63) is 120 Å². The van der Waals surface area contributed by atoms with Crippen molar-refractivity contribution in [2.24, 2.45) is 4.99 Å². The largest absolute Gasteiger partial charge is 0.490 e. The molecule has 0 N–H and O–H groups in total. The molecule has 216 valence electrons. The Bertz CT molecular complexity index is 1790. The van der Waals surface area contributed by atoms with Crippen molar-refractivity contribution in [3.63, 3.8) is 0 Å². The van der Waals surface area contributed by atoms with Gasteiger partial charge >= 0.3 is 5.97 Å². The fraction of sp³-hybridized carbons (Fsp3) is 0.242. The van der Waals surface area contributed by atoms with Gasteiger partial charge in [0, 0.05) is 6.20 Å². The van der Waals surface area contributed by atoms with Crippen molar-refractivity contribution in [1.82, 2.24) is 4.57 Å². The fourth-order valence-corrected chi connectivity index (χ4v) is 5.62. The average Bonchev–Trinajstić information content (AvgIpc) is 3.32. The monoisotopic (exact) mass is 584 g/mol. The van der Waals surface area contributed by atoms with Gasteiger partial charge in [-0.25, -0.2) is 9.79 Å². The minimum absolute atomic E-state index is 0.248. The topological polar surface area (TPSA) is 88.4 Å². The molecule has 4 aromatic rings. The summed E-state index contributed by atoms with van der Waals surface area (Å²) in [6.45, 7) is 7.21. The van der Waals surface area contributed by atoms with Gasteiger partial charge in [0.1, 0.15) is 12.4 Å². The van der Waals surface area contributed by atoms with Crippen LogP contribution in [0.4, 0.5) is 0 Å². The first-order valence-corrected chi connectivity index (χ1v) is 14.5. The molecule has 1 aliphatic heterocycles. The maximum absolute atomic E-state index is 13.8. The molecule has 5 rings (SSSR count). The molecule has 0 aliphatic carbocycles. The Morgan fingerprint density at radius 3 is 2.36 bits per heavy atom. The number of thiazole rings is 1. The Labute approximate surface area is 247 Å². The van der Waals surface area contributed by atoms with Gasteiger partial charge in [-0.1, -0.05) is 59.4 Å². The van der Waals surface area contributed by atoms with E-state index in [-0.39, 0.29) is 11.1 Å². The Balaban J connectivity index is 1.48. The standard InChI is InChI=1S/C33H32N2O6S/c1-5-39-27-16-13-24(18-28(27)40-6-2)30-26(32(37)38-4)19-34-33-35(30)31(36)29(42-33)17-22-11-14-25(15-12-22)41-20-23-9-7-21(3)8-10-23/h7-19,30H,5-6,20H2,1-4H3/b29-17-/t30-/m0/s1. The number of aromatic nitrogens is 1. The van der Waals surface area contributed by atoms with E-state index < -0.39 is 12.0 Å². The van der Waals surface area contributed by atoms with E-state index in [1.165, 1.54) is 34.8 Å². The number of carbonyl (C=O) groups excluding carboxylic acids is 1. The van der Waals surface area contributed by atoms with Crippen LogP contribution in [-0.4, -0.2) is 30.9 Å². The summed E-state index contributed by atoms with van der Waals surface area (Å²) in [6.07, 6.45) is 3.29. The molecule has 1 atom stereocenters. The SMILES string of the molecule is CCOc1ccc([C@H]2C(C(=O)OC)=CN=c3s/c(=C\c4ccc(OCc5ccc(C)cc5)cc4)c(=O)n32)cc1OCC. The maximum atomic E-state index is 13.8. The van der Waals surface area contributed by atoms with E-state index in [9.17, 15) is 9.59 Å². The molecular weight excluding hydrogens is 552 g/mol. The number of hydrogen-bond acceptors (Lipinski definition) is 8. The molecule has 0 radical (unpaired) electrons. The predicted molar refractivity (Wildman–Crippen MR) is 162 cm³/mol. The first kappa shape index (κ1) is 28.9. The molecular formula is C33H32N2O6S. The van der Waals surface area contributed by atoms with Crippen LogP contribution in [0.5, 0.6) is 17.2 Å². The molecule has 9 heteroatoms. The van der Waals surface area contributed by atoms with Gasteiger partial charge in [0.05, 0.1) is 36.5 Å². The lowest BCUT2D eigenvalue weighted by Gasteiger charge is -2.23. The van der Waals surface area contributed by atoms with E-state index in [4.69, 9.17) is 18.9 Å². The van der Waals surface area contributed by atoms with Crippen LogP contribution in [0.2, 0.25) is 0 Å². The summed E-state index contributed by atoms with van der Waals surface area (Å²) < 4.78 is 24.5. The lowest BCUT2D eigenvalue weighted by Crippen LogP contribution is -2.39. The number of nitrogens with zero attached hydrogens (tertiary/aromatic N) is 2. The highest BCUT2D eigenvalue weighted by molar-refractivity contribution is 7.07. The molecule has 0 saturated carbocycles. The van der Waals surface area contributed by atoms with Crippen LogP contribution < -0.4 is 29.1 Å². The minimum Gasteiger partial charge on any atom is -0.490 e. The third kappa shape index (κ3) is 6.16. The van der Waals surface area contributed by atoms with Gasteiger partial charge < -0.3 is 18.9 Å². The Morgan fingerprint density at radius 2 is 1.67 bits per heavy atom. The molecule has 0 fully saturated rings. The second-order valence-electron chi connectivity index (χ2n) is 9.59.